The Morgan fingerprint density at radius 2 is 1.68 bits per heavy atom. The van der Waals surface area contributed by atoms with Crippen molar-refractivity contribution in [3.05, 3.63) is 29.3 Å². The van der Waals surface area contributed by atoms with Gasteiger partial charge in [0.05, 0.1) is 18.7 Å². The third kappa shape index (κ3) is 5.61. The van der Waals surface area contributed by atoms with E-state index < -0.39 is 17.8 Å². The Kier molecular flexibility index (Phi) is 6.06. The minimum Gasteiger partial charge on any atom is -0.478 e. The number of amides is 3. The van der Waals surface area contributed by atoms with Crippen LogP contribution in [0, 0.1) is 6.92 Å². The van der Waals surface area contributed by atoms with E-state index in [9.17, 15) is 19.2 Å². The molecule has 4 N–H and O–H groups in total. The second-order valence-electron chi connectivity index (χ2n) is 4.57. The van der Waals surface area contributed by atoms with Crippen LogP contribution < -0.4 is 16.0 Å². The van der Waals surface area contributed by atoms with E-state index in [1.165, 1.54) is 25.1 Å². The molecule has 3 amide bonds. The molecule has 0 saturated carbocycles. The number of benzene rings is 1. The van der Waals surface area contributed by atoms with Gasteiger partial charge in [-0.1, -0.05) is 0 Å². The Morgan fingerprint density at radius 1 is 1.05 bits per heavy atom. The van der Waals surface area contributed by atoms with Crippen molar-refractivity contribution in [2.75, 3.05) is 18.4 Å². The van der Waals surface area contributed by atoms with Crippen molar-refractivity contribution in [1.29, 1.82) is 0 Å². The summed E-state index contributed by atoms with van der Waals surface area (Å²) in [6.07, 6.45) is 0. The standard InChI is InChI=1S/C14H17N3O5/c1-8-5-10(3-4-11(8)14(21)22)17-13(20)7-16-12(19)6-15-9(2)18/h3-5H,6-7H2,1-2H3,(H,15,18)(H,16,19)(H,17,20)(H,21,22). The van der Waals surface area contributed by atoms with E-state index in [1.54, 1.807) is 6.92 Å². The van der Waals surface area contributed by atoms with Gasteiger partial charge >= 0.3 is 5.97 Å². The largest absolute Gasteiger partial charge is 0.478 e. The highest BCUT2D eigenvalue weighted by Crippen LogP contribution is 2.15. The molecule has 0 fully saturated rings. The zero-order chi connectivity index (χ0) is 16.7. The van der Waals surface area contributed by atoms with Crippen LogP contribution in [0.2, 0.25) is 0 Å². The van der Waals surface area contributed by atoms with Crippen molar-refractivity contribution in [2.45, 2.75) is 13.8 Å². The summed E-state index contributed by atoms with van der Waals surface area (Å²) in [7, 11) is 0. The molecule has 0 aromatic heterocycles. The fourth-order valence-corrected chi connectivity index (χ4v) is 1.63. The maximum absolute atomic E-state index is 11.7. The molecule has 0 heterocycles. The lowest BCUT2D eigenvalue weighted by molar-refractivity contribution is -0.126. The van der Waals surface area contributed by atoms with E-state index in [0.717, 1.165) is 0 Å². The molecule has 1 aromatic rings. The van der Waals surface area contributed by atoms with Crippen LogP contribution in [0.1, 0.15) is 22.8 Å². The van der Waals surface area contributed by atoms with Gasteiger partial charge in [-0.2, -0.15) is 0 Å². The SMILES string of the molecule is CC(=O)NCC(=O)NCC(=O)Nc1ccc(C(=O)O)c(C)c1. The van der Waals surface area contributed by atoms with Crippen LogP contribution in [0.15, 0.2) is 18.2 Å². The van der Waals surface area contributed by atoms with Gasteiger partial charge in [0.25, 0.3) is 0 Å². The molecule has 0 saturated heterocycles. The second-order valence-corrected chi connectivity index (χ2v) is 4.57. The van der Waals surface area contributed by atoms with Crippen LogP contribution in [0.5, 0.6) is 0 Å². The van der Waals surface area contributed by atoms with Crippen LogP contribution >= 0.6 is 0 Å². The van der Waals surface area contributed by atoms with Gasteiger partial charge in [-0.3, -0.25) is 14.4 Å². The zero-order valence-corrected chi connectivity index (χ0v) is 12.2. The van der Waals surface area contributed by atoms with Crippen LogP contribution in [0.3, 0.4) is 0 Å². The van der Waals surface area contributed by atoms with Crippen molar-refractivity contribution >= 4 is 29.4 Å². The van der Waals surface area contributed by atoms with Crippen LogP contribution in [-0.4, -0.2) is 41.9 Å². The molecular formula is C14H17N3O5. The summed E-state index contributed by atoms with van der Waals surface area (Å²) in [4.78, 5) is 44.5. The van der Waals surface area contributed by atoms with Crippen LogP contribution in [0.4, 0.5) is 5.69 Å². The second kappa shape index (κ2) is 7.77. The molecule has 0 bridgehead atoms. The lowest BCUT2D eigenvalue weighted by atomic mass is 10.1. The first kappa shape index (κ1) is 17.2. The molecule has 8 heteroatoms. The summed E-state index contributed by atoms with van der Waals surface area (Å²) in [5, 5.41) is 16.1. The van der Waals surface area contributed by atoms with Crippen molar-refractivity contribution in [3.8, 4) is 0 Å². The molecule has 0 aliphatic carbocycles. The molecular weight excluding hydrogens is 290 g/mol. The van der Waals surface area contributed by atoms with Gasteiger partial charge in [0, 0.05) is 12.6 Å². The summed E-state index contributed by atoms with van der Waals surface area (Å²) in [5.41, 5.74) is 1.10. The van der Waals surface area contributed by atoms with E-state index in [4.69, 9.17) is 5.11 Å². The first-order valence-corrected chi connectivity index (χ1v) is 6.44. The van der Waals surface area contributed by atoms with E-state index in [0.29, 0.717) is 11.3 Å². The molecule has 0 spiro atoms. The maximum Gasteiger partial charge on any atom is 0.335 e. The Labute approximate surface area is 126 Å². The predicted octanol–water partition coefficient (Wildman–Crippen LogP) is -0.116. The lowest BCUT2D eigenvalue weighted by Gasteiger charge is -2.09. The number of carbonyl (C=O) groups excluding carboxylic acids is 3. The van der Waals surface area contributed by atoms with Gasteiger partial charge in [-0.25, -0.2) is 4.79 Å². The number of anilines is 1. The summed E-state index contributed by atoms with van der Waals surface area (Å²) >= 11 is 0. The number of rotatable bonds is 6. The van der Waals surface area contributed by atoms with Gasteiger partial charge in [-0.15, -0.1) is 0 Å². The van der Waals surface area contributed by atoms with E-state index in [-0.39, 0.29) is 24.6 Å². The first-order chi connectivity index (χ1) is 10.3. The number of nitrogens with one attached hydrogen (secondary N) is 3. The van der Waals surface area contributed by atoms with Gasteiger partial charge in [-0.05, 0) is 30.7 Å². The number of aromatic carboxylic acids is 1. The molecule has 8 nitrogen and oxygen atoms in total. The molecule has 0 aliphatic rings. The van der Waals surface area contributed by atoms with Gasteiger partial charge < -0.3 is 21.1 Å². The van der Waals surface area contributed by atoms with Crippen molar-refractivity contribution in [1.82, 2.24) is 10.6 Å². The topological polar surface area (TPSA) is 125 Å². The number of aryl methyl sites for hydroxylation is 1. The maximum atomic E-state index is 11.7. The number of carbonyl (C=O) groups is 4. The van der Waals surface area contributed by atoms with Crippen molar-refractivity contribution in [3.63, 3.8) is 0 Å². The minimum atomic E-state index is -1.04. The number of carboxylic acid groups (broad SMARTS) is 1. The molecule has 0 atom stereocenters. The Balaban J connectivity index is 2.48. The van der Waals surface area contributed by atoms with Crippen molar-refractivity contribution in [2.24, 2.45) is 0 Å². The molecule has 1 rings (SSSR count). The summed E-state index contributed by atoms with van der Waals surface area (Å²) in [6, 6.07) is 4.39. The van der Waals surface area contributed by atoms with Crippen molar-refractivity contribution < 1.29 is 24.3 Å². The summed E-state index contributed by atoms with van der Waals surface area (Å²) in [5.74, 6) is -2.32. The number of carboxylic acids is 1. The summed E-state index contributed by atoms with van der Waals surface area (Å²) in [6.45, 7) is 2.45. The van der Waals surface area contributed by atoms with E-state index in [1.807, 2.05) is 0 Å². The van der Waals surface area contributed by atoms with Crippen LogP contribution in [-0.2, 0) is 14.4 Å². The molecule has 22 heavy (non-hydrogen) atoms. The highest BCUT2D eigenvalue weighted by Gasteiger charge is 2.10. The Hall–Kier alpha value is -2.90. The Morgan fingerprint density at radius 3 is 2.23 bits per heavy atom. The molecule has 0 radical (unpaired) electrons. The molecule has 0 unspecified atom stereocenters. The smallest absolute Gasteiger partial charge is 0.335 e. The number of hydrogen-bond acceptors (Lipinski definition) is 4. The predicted molar refractivity (Wildman–Crippen MR) is 78.5 cm³/mol. The van der Waals surface area contributed by atoms with Crippen LogP contribution in [0.25, 0.3) is 0 Å². The van der Waals surface area contributed by atoms with Gasteiger partial charge in [0.1, 0.15) is 0 Å². The average Bonchev–Trinajstić information content (AvgIpc) is 2.42. The third-order valence-corrected chi connectivity index (χ3v) is 2.68. The third-order valence-electron chi connectivity index (χ3n) is 2.68. The fraction of sp³-hybridized carbons (Fsp3) is 0.286. The molecule has 118 valence electrons. The van der Waals surface area contributed by atoms with E-state index in [2.05, 4.69) is 16.0 Å². The average molecular weight is 307 g/mol. The van der Waals surface area contributed by atoms with Gasteiger partial charge in [0.15, 0.2) is 0 Å². The molecule has 1 aromatic carbocycles. The molecule has 0 aliphatic heterocycles. The fourth-order valence-electron chi connectivity index (χ4n) is 1.63. The highest BCUT2D eigenvalue weighted by molar-refractivity contribution is 5.96. The summed E-state index contributed by atoms with van der Waals surface area (Å²) < 4.78 is 0. The minimum absolute atomic E-state index is 0.154. The highest BCUT2D eigenvalue weighted by atomic mass is 16.4. The normalized spacial score (nSPS) is 9.73. The van der Waals surface area contributed by atoms with E-state index >= 15 is 0 Å². The zero-order valence-electron chi connectivity index (χ0n) is 12.2. The first-order valence-electron chi connectivity index (χ1n) is 6.44. The number of hydrogen-bond donors (Lipinski definition) is 4. The lowest BCUT2D eigenvalue weighted by Crippen LogP contribution is -2.39. The quantitative estimate of drug-likeness (QED) is 0.583. The monoisotopic (exact) mass is 307 g/mol. The van der Waals surface area contributed by atoms with Gasteiger partial charge in [0.2, 0.25) is 17.7 Å². The Bertz CT molecular complexity index is 612.